The number of allylic oxidation sites excluding steroid dienone is 3. The van der Waals surface area contributed by atoms with E-state index in [1.165, 1.54) is 21.6 Å². The number of nitrogens with zero attached hydrogens (tertiary/aromatic N) is 8. The zero-order valence-electron chi connectivity index (χ0n) is 25.5. The van der Waals surface area contributed by atoms with E-state index >= 15 is 0 Å². The summed E-state index contributed by atoms with van der Waals surface area (Å²) in [6.45, 7) is 11.6. The van der Waals surface area contributed by atoms with Gasteiger partial charge < -0.3 is 20.1 Å². The summed E-state index contributed by atoms with van der Waals surface area (Å²) in [7, 11) is 4.31. The highest BCUT2D eigenvalue weighted by atomic mass is 16.1. The molecule has 1 aromatic carbocycles. The number of benzene rings is 1. The first-order chi connectivity index (χ1) is 20.7. The average molecular weight is 585 g/mol. The van der Waals surface area contributed by atoms with Gasteiger partial charge in [0.2, 0.25) is 12.4 Å². The lowest BCUT2D eigenvalue weighted by molar-refractivity contribution is -0.119. The van der Waals surface area contributed by atoms with Crippen molar-refractivity contribution in [2.45, 2.75) is 52.2 Å². The third kappa shape index (κ3) is 5.96. The molecule has 12 nitrogen and oxygen atoms in total. The average Bonchev–Trinajstić information content (AvgIpc) is 3.53. The van der Waals surface area contributed by atoms with Crippen molar-refractivity contribution in [3.8, 4) is 0 Å². The van der Waals surface area contributed by atoms with E-state index in [2.05, 4.69) is 63.1 Å². The molecule has 3 aromatic heterocycles. The van der Waals surface area contributed by atoms with Gasteiger partial charge in [0.25, 0.3) is 5.56 Å². The largest absolute Gasteiger partial charge is 0.370 e. The van der Waals surface area contributed by atoms with Crippen LogP contribution in [-0.2, 0) is 11.3 Å². The highest BCUT2D eigenvalue weighted by molar-refractivity contribution is 6.00. The lowest BCUT2D eigenvalue weighted by Crippen LogP contribution is -2.41. The van der Waals surface area contributed by atoms with Crippen molar-refractivity contribution in [2.75, 3.05) is 37.4 Å². The molecular formula is C31H40N10O2. The van der Waals surface area contributed by atoms with E-state index in [0.29, 0.717) is 35.3 Å². The molecule has 1 aliphatic rings. The van der Waals surface area contributed by atoms with Crippen LogP contribution in [0.3, 0.4) is 0 Å². The summed E-state index contributed by atoms with van der Waals surface area (Å²) in [4.78, 5) is 42.5. The van der Waals surface area contributed by atoms with Crippen LogP contribution in [0.4, 0.5) is 17.3 Å². The van der Waals surface area contributed by atoms with Gasteiger partial charge in [0.15, 0.2) is 11.5 Å². The first kappa shape index (κ1) is 29.8. The molecule has 0 aliphatic carbocycles. The fourth-order valence-electron chi connectivity index (χ4n) is 5.49. The minimum atomic E-state index is -0.282. The standard InChI is InChI=1S/C31H40N10O2/c1-7-9-28(36-39(20-42)21(3)4)41-29-25(30(43)40(41)14-8-2)18-33-31(35-29)34-22-10-11-24-26(17-22)32-19-27(24)38-15-12-23(13-16-38)37(5)6/h7-11,17-21,23,32H,2,12-16H2,1,3-6H3,(H,33,34,35)/b9-7-,36-28+. The summed E-state index contributed by atoms with van der Waals surface area (Å²) in [6.07, 6.45) is 11.7. The predicted molar refractivity (Wildman–Crippen MR) is 173 cm³/mol. The molecule has 0 atom stereocenters. The van der Waals surface area contributed by atoms with Crippen molar-refractivity contribution in [1.82, 2.24) is 34.2 Å². The van der Waals surface area contributed by atoms with Gasteiger partial charge in [-0.05, 0) is 72.0 Å². The normalized spacial score (nSPS) is 15.0. The van der Waals surface area contributed by atoms with Gasteiger partial charge in [0.1, 0.15) is 5.39 Å². The molecule has 1 saturated heterocycles. The number of hydrogen-bond acceptors (Lipinski definition) is 8. The van der Waals surface area contributed by atoms with E-state index < -0.39 is 0 Å². The summed E-state index contributed by atoms with van der Waals surface area (Å²) in [5.41, 5.74) is 3.11. The predicted octanol–water partition coefficient (Wildman–Crippen LogP) is 4.14. The maximum atomic E-state index is 13.4. The summed E-state index contributed by atoms with van der Waals surface area (Å²) in [5.74, 6) is 0.682. The molecule has 4 aromatic rings. The molecule has 1 fully saturated rings. The van der Waals surface area contributed by atoms with Gasteiger partial charge in [-0.1, -0.05) is 12.2 Å². The van der Waals surface area contributed by atoms with E-state index in [4.69, 9.17) is 4.98 Å². The number of amides is 1. The number of anilines is 3. The third-order valence-corrected chi connectivity index (χ3v) is 7.82. The molecular weight excluding hydrogens is 544 g/mol. The van der Waals surface area contributed by atoms with Crippen molar-refractivity contribution in [1.29, 1.82) is 0 Å². The van der Waals surface area contributed by atoms with Gasteiger partial charge in [-0.15, -0.1) is 6.58 Å². The van der Waals surface area contributed by atoms with E-state index in [0.717, 1.165) is 42.5 Å². The molecule has 4 heterocycles. The number of piperidine rings is 1. The minimum absolute atomic E-state index is 0.181. The van der Waals surface area contributed by atoms with Gasteiger partial charge >= 0.3 is 0 Å². The van der Waals surface area contributed by atoms with E-state index in [1.54, 1.807) is 22.9 Å². The molecule has 1 aliphatic heterocycles. The molecule has 2 N–H and O–H groups in total. The number of aromatic amines is 1. The molecule has 43 heavy (non-hydrogen) atoms. The van der Waals surface area contributed by atoms with Crippen molar-refractivity contribution < 1.29 is 4.79 Å². The quantitative estimate of drug-likeness (QED) is 0.0945. The Kier molecular flexibility index (Phi) is 8.76. The van der Waals surface area contributed by atoms with Gasteiger partial charge in [-0.3, -0.25) is 9.59 Å². The van der Waals surface area contributed by atoms with Gasteiger partial charge in [-0.25, -0.2) is 19.4 Å². The minimum Gasteiger partial charge on any atom is -0.370 e. The lowest BCUT2D eigenvalue weighted by Gasteiger charge is -2.36. The third-order valence-electron chi connectivity index (χ3n) is 7.82. The number of hydrazone groups is 1. The first-order valence-corrected chi connectivity index (χ1v) is 14.6. The van der Waals surface area contributed by atoms with Crippen LogP contribution in [0.1, 0.15) is 33.6 Å². The molecule has 226 valence electrons. The van der Waals surface area contributed by atoms with Crippen molar-refractivity contribution in [3.05, 3.63) is 65.8 Å². The van der Waals surface area contributed by atoms with Crippen LogP contribution in [0.5, 0.6) is 0 Å². The van der Waals surface area contributed by atoms with Crippen LogP contribution in [-0.4, -0.2) is 85.7 Å². The number of nitrogens with one attached hydrogen (secondary N) is 2. The zero-order valence-corrected chi connectivity index (χ0v) is 25.5. The molecule has 0 radical (unpaired) electrons. The SMILES string of the molecule is C=CCn1c(=O)c2cnc(Nc3ccc4c(N5CCC(N(C)C)CC5)c[nH]c4c3)nc2n1C(/C=C\C)=N/N(C=O)C(C)C. The Balaban J connectivity index is 1.49. The van der Waals surface area contributed by atoms with Crippen LogP contribution >= 0.6 is 0 Å². The number of rotatable bonds is 10. The molecule has 0 spiro atoms. The maximum absolute atomic E-state index is 13.4. The summed E-state index contributed by atoms with van der Waals surface area (Å²) < 4.78 is 3.08. The Morgan fingerprint density at radius 3 is 2.67 bits per heavy atom. The van der Waals surface area contributed by atoms with Crippen LogP contribution < -0.4 is 15.8 Å². The van der Waals surface area contributed by atoms with Crippen molar-refractivity contribution >= 4 is 51.5 Å². The van der Waals surface area contributed by atoms with Crippen LogP contribution in [0.15, 0.2) is 65.3 Å². The summed E-state index contributed by atoms with van der Waals surface area (Å²) in [6, 6.07) is 6.59. The number of aromatic nitrogens is 5. The Hall–Kier alpha value is -4.71. The number of fused-ring (bicyclic) bond motifs is 2. The van der Waals surface area contributed by atoms with E-state index in [9.17, 15) is 9.59 Å². The maximum Gasteiger partial charge on any atom is 0.278 e. The van der Waals surface area contributed by atoms with E-state index in [-0.39, 0.29) is 18.1 Å². The molecule has 0 bridgehead atoms. The topological polar surface area (TPSA) is 120 Å². The lowest BCUT2D eigenvalue weighted by atomic mass is 10.0. The number of H-pyrrole nitrogens is 1. The molecule has 12 heteroatoms. The molecule has 5 rings (SSSR count). The second kappa shape index (κ2) is 12.7. The highest BCUT2D eigenvalue weighted by Gasteiger charge is 2.23. The summed E-state index contributed by atoms with van der Waals surface area (Å²) in [5, 5.41) is 10.6. The number of carbonyl (C=O) groups is 1. The smallest absolute Gasteiger partial charge is 0.278 e. The summed E-state index contributed by atoms with van der Waals surface area (Å²) >= 11 is 0. The van der Waals surface area contributed by atoms with Crippen LogP contribution in [0.2, 0.25) is 0 Å². The fourth-order valence-corrected chi connectivity index (χ4v) is 5.49. The monoisotopic (exact) mass is 584 g/mol. The number of carbonyl (C=O) groups excluding carboxylic acids is 1. The molecule has 1 amide bonds. The molecule has 0 saturated carbocycles. The Bertz CT molecular complexity index is 1730. The fraction of sp³-hybridized carbons (Fsp3) is 0.387. The van der Waals surface area contributed by atoms with Crippen LogP contribution in [0.25, 0.3) is 21.9 Å². The Labute approximate surface area is 251 Å². The zero-order chi connectivity index (χ0) is 30.7. The highest BCUT2D eigenvalue weighted by Crippen LogP contribution is 2.31. The van der Waals surface area contributed by atoms with Gasteiger partial charge in [0, 0.05) is 54.2 Å². The van der Waals surface area contributed by atoms with Gasteiger partial charge in [0.05, 0.1) is 12.2 Å². The second-order valence-electron chi connectivity index (χ2n) is 11.2. The van der Waals surface area contributed by atoms with E-state index in [1.807, 2.05) is 32.9 Å². The van der Waals surface area contributed by atoms with Crippen LogP contribution in [0, 0.1) is 0 Å². The Morgan fingerprint density at radius 1 is 1.26 bits per heavy atom. The Morgan fingerprint density at radius 2 is 2.02 bits per heavy atom. The second-order valence-corrected chi connectivity index (χ2v) is 11.2. The van der Waals surface area contributed by atoms with Crippen molar-refractivity contribution in [3.63, 3.8) is 0 Å². The van der Waals surface area contributed by atoms with Crippen molar-refractivity contribution in [2.24, 2.45) is 5.10 Å². The first-order valence-electron chi connectivity index (χ1n) is 14.6. The van der Waals surface area contributed by atoms with Gasteiger partial charge in [-0.2, -0.15) is 10.1 Å². The molecule has 0 unspecified atom stereocenters. The number of hydrogen-bond donors (Lipinski definition) is 2.